The summed E-state index contributed by atoms with van der Waals surface area (Å²) >= 11 is 7.43. The molecule has 2 aromatic carbocycles. The van der Waals surface area contributed by atoms with Crippen LogP contribution < -0.4 is 0 Å². The predicted octanol–water partition coefficient (Wildman–Crippen LogP) is 4.56. The minimum Gasteiger partial charge on any atom is -0.468 e. The Kier molecular flexibility index (Phi) is 6.68. The first kappa shape index (κ1) is 17.6. The van der Waals surface area contributed by atoms with E-state index in [0.29, 0.717) is 17.0 Å². The molecule has 0 aliphatic heterocycles. The van der Waals surface area contributed by atoms with E-state index in [2.05, 4.69) is 4.74 Å². The lowest BCUT2D eigenvalue weighted by Crippen LogP contribution is -2.09. The normalized spacial score (nSPS) is 11.7. The fraction of sp³-hybridized carbons (Fsp3) is 0.222. The van der Waals surface area contributed by atoms with E-state index in [-0.39, 0.29) is 22.8 Å². The molecular formula is C18H17ClO3S. The Morgan fingerprint density at radius 3 is 2.52 bits per heavy atom. The third kappa shape index (κ3) is 5.41. The van der Waals surface area contributed by atoms with Crippen molar-refractivity contribution in [1.82, 2.24) is 0 Å². The van der Waals surface area contributed by atoms with Gasteiger partial charge in [-0.3, -0.25) is 9.59 Å². The molecule has 2 rings (SSSR count). The second-order valence-electron chi connectivity index (χ2n) is 4.92. The van der Waals surface area contributed by atoms with Crippen molar-refractivity contribution in [3.8, 4) is 0 Å². The summed E-state index contributed by atoms with van der Waals surface area (Å²) in [6.07, 6.45) is 0.298. The Morgan fingerprint density at radius 2 is 1.87 bits per heavy atom. The van der Waals surface area contributed by atoms with Crippen LogP contribution in [0.25, 0.3) is 0 Å². The number of benzene rings is 2. The van der Waals surface area contributed by atoms with E-state index in [0.717, 1.165) is 5.56 Å². The Balaban J connectivity index is 2.16. The third-order valence-electron chi connectivity index (χ3n) is 3.32. The molecule has 120 valence electrons. The van der Waals surface area contributed by atoms with Crippen molar-refractivity contribution in [3.05, 3.63) is 70.7 Å². The van der Waals surface area contributed by atoms with Crippen LogP contribution >= 0.6 is 23.4 Å². The number of Topliss-reactive ketones (excluding diaryl/α,β-unsaturated/α-hetero) is 1. The number of carbonyl (C=O) groups excluding carboxylic acids is 2. The number of hydrogen-bond donors (Lipinski definition) is 0. The van der Waals surface area contributed by atoms with Gasteiger partial charge in [0.2, 0.25) is 0 Å². The first-order valence-electron chi connectivity index (χ1n) is 7.12. The maximum atomic E-state index is 12.5. The molecule has 0 saturated heterocycles. The molecule has 0 aliphatic rings. The second kappa shape index (κ2) is 8.75. The summed E-state index contributed by atoms with van der Waals surface area (Å²) in [6, 6.07) is 16.5. The van der Waals surface area contributed by atoms with Crippen LogP contribution in [-0.2, 0) is 9.53 Å². The molecule has 0 aromatic heterocycles. The average molecular weight is 349 g/mol. The van der Waals surface area contributed by atoms with Crippen molar-refractivity contribution in [2.45, 2.75) is 11.7 Å². The summed E-state index contributed by atoms with van der Waals surface area (Å²) < 4.78 is 4.68. The number of rotatable bonds is 7. The molecule has 0 bridgehead atoms. The van der Waals surface area contributed by atoms with Gasteiger partial charge in [0.05, 0.1) is 12.9 Å². The van der Waals surface area contributed by atoms with Gasteiger partial charge in [0, 0.05) is 22.3 Å². The highest BCUT2D eigenvalue weighted by molar-refractivity contribution is 8.00. The number of halogens is 1. The molecule has 0 aliphatic carbocycles. The molecule has 0 fully saturated rings. The Bertz CT molecular complexity index is 673. The average Bonchev–Trinajstić information content (AvgIpc) is 2.58. The third-order valence-corrected chi connectivity index (χ3v) is 4.80. The van der Waals surface area contributed by atoms with Crippen molar-refractivity contribution >= 4 is 35.1 Å². The summed E-state index contributed by atoms with van der Waals surface area (Å²) in [6.45, 7) is 0. The quantitative estimate of drug-likeness (QED) is 0.543. The molecule has 0 heterocycles. The zero-order valence-corrected chi connectivity index (χ0v) is 14.3. The molecule has 23 heavy (non-hydrogen) atoms. The van der Waals surface area contributed by atoms with E-state index in [9.17, 15) is 9.59 Å². The SMILES string of the molecule is COC(=O)CS[C@@H](CC(=O)c1ccccc1)c1cccc(Cl)c1. The van der Waals surface area contributed by atoms with Gasteiger partial charge in [0.1, 0.15) is 0 Å². The van der Waals surface area contributed by atoms with Gasteiger partial charge in [-0.15, -0.1) is 11.8 Å². The van der Waals surface area contributed by atoms with Crippen molar-refractivity contribution in [1.29, 1.82) is 0 Å². The monoisotopic (exact) mass is 348 g/mol. The van der Waals surface area contributed by atoms with Crippen LogP contribution in [-0.4, -0.2) is 24.6 Å². The van der Waals surface area contributed by atoms with Crippen LogP contribution in [0.1, 0.15) is 27.6 Å². The van der Waals surface area contributed by atoms with E-state index in [1.807, 2.05) is 36.4 Å². The highest BCUT2D eigenvalue weighted by Crippen LogP contribution is 2.34. The molecule has 3 nitrogen and oxygen atoms in total. The zero-order valence-electron chi connectivity index (χ0n) is 12.7. The molecule has 0 radical (unpaired) electrons. The molecule has 1 atom stereocenters. The van der Waals surface area contributed by atoms with E-state index in [4.69, 9.17) is 11.6 Å². The first-order chi connectivity index (χ1) is 11.1. The smallest absolute Gasteiger partial charge is 0.315 e. The number of ketones is 1. The van der Waals surface area contributed by atoms with E-state index in [1.54, 1.807) is 18.2 Å². The Labute approximate surface area is 145 Å². The van der Waals surface area contributed by atoms with Crippen LogP contribution in [0.15, 0.2) is 54.6 Å². The van der Waals surface area contributed by atoms with E-state index >= 15 is 0 Å². The van der Waals surface area contributed by atoms with Gasteiger partial charge in [-0.25, -0.2) is 0 Å². The van der Waals surface area contributed by atoms with Gasteiger partial charge in [0.15, 0.2) is 5.78 Å². The largest absolute Gasteiger partial charge is 0.468 e. The topological polar surface area (TPSA) is 43.4 Å². The van der Waals surface area contributed by atoms with Gasteiger partial charge in [0.25, 0.3) is 0 Å². The van der Waals surface area contributed by atoms with Crippen molar-refractivity contribution in [3.63, 3.8) is 0 Å². The van der Waals surface area contributed by atoms with Crippen LogP contribution in [0.2, 0.25) is 5.02 Å². The number of hydrogen-bond acceptors (Lipinski definition) is 4. The molecule has 5 heteroatoms. The molecular weight excluding hydrogens is 332 g/mol. The minimum absolute atomic E-state index is 0.0351. The van der Waals surface area contributed by atoms with Gasteiger partial charge in [-0.05, 0) is 17.7 Å². The first-order valence-corrected chi connectivity index (χ1v) is 8.55. The molecule has 2 aromatic rings. The molecule has 0 amide bonds. The number of thioether (sulfide) groups is 1. The molecule has 0 unspecified atom stereocenters. The Morgan fingerprint density at radius 1 is 1.13 bits per heavy atom. The number of carbonyl (C=O) groups is 2. The van der Waals surface area contributed by atoms with Crippen LogP contribution in [0, 0.1) is 0 Å². The number of esters is 1. The maximum Gasteiger partial charge on any atom is 0.315 e. The van der Waals surface area contributed by atoms with Gasteiger partial charge in [-0.1, -0.05) is 54.1 Å². The highest BCUT2D eigenvalue weighted by atomic mass is 35.5. The summed E-state index contributed by atoms with van der Waals surface area (Å²) in [4.78, 5) is 23.9. The van der Waals surface area contributed by atoms with Crippen molar-refractivity contribution in [2.75, 3.05) is 12.9 Å². The lowest BCUT2D eigenvalue weighted by Gasteiger charge is -2.16. The molecule has 0 spiro atoms. The summed E-state index contributed by atoms with van der Waals surface area (Å²) in [7, 11) is 1.35. The standard InChI is InChI=1S/C18H17ClO3S/c1-22-18(21)12-23-17(14-8-5-9-15(19)10-14)11-16(20)13-6-3-2-4-7-13/h2-10,17H,11-12H2,1H3/t17-/m0/s1. The lowest BCUT2D eigenvalue weighted by atomic mass is 10.0. The van der Waals surface area contributed by atoms with Crippen LogP contribution in [0.4, 0.5) is 0 Å². The number of methoxy groups -OCH3 is 1. The maximum absolute atomic E-state index is 12.5. The van der Waals surface area contributed by atoms with Gasteiger partial charge >= 0.3 is 5.97 Å². The molecule has 0 saturated carbocycles. The van der Waals surface area contributed by atoms with Crippen LogP contribution in [0.3, 0.4) is 0 Å². The van der Waals surface area contributed by atoms with Crippen molar-refractivity contribution in [2.24, 2.45) is 0 Å². The second-order valence-corrected chi connectivity index (χ2v) is 6.55. The summed E-state index contributed by atoms with van der Waals surface area (Å²) in [5, 5.41) is 0.457. The highest BCUT2D eigenvalue weighted by Gasteiger charge is 2.19. The lowest BCUT2D eigenvalue weighted by molar-refractivity contribution is -0.137. The summed E-state index contributed by atoms with van der Waals surface area (Å²) in [5.74, 6) is -0.0856. The number of ether oxygens (including phenoxy) is 1. The fourth-order valence-corrected chi connectivity index (χ4v) is 3.38. The minimum atomic E-state index is -0.311. The van der Waals surface area contributed by atoms with E-state index in [1.165, 1.54) is 18.9 Å². The van der Waals surface area contributed by atoms with E-state index < -0.39 is 0 Å². The fourth-order valence-electron chi connectivity index (χ4n) is 2.12. The van der Waals surface area contributed by atoms with Gasteiger partial charge < -0.3 is 4.74 Å². The van der Waals surface area contributed by atoms with Gasteiger partial charge in [-0.2, -0.15) is 0 Å². The summed E-state index contributed by atoms with van der Waals surface area (Å²) in [5.41, 5.74) is 1.59. The predicted molar refractivity (Wildman–Crippen MR) is 94.1 cm³/mol. The zero-order chi connectivity index (χ0) is 16.7. The van der Waals surface area contributed by atoms with Crippen molar-refractivity contribution < 1.29 is 14.3 Å². The Hall–Kier alpha value is -1.78. The molecule has 0 N–H and O–H groups in total. The van der Waals surface area contributed by atoms with Crippen LogP contribution in [0.5, 0.6) is 0 Å².